The molecule has 5 heteroatoms. The maximum atomic E-state index is 11.9. The molecule has 0 radical (unpaired) electrons. The molecule has 1 fully saturated rings. The van der Waals surface area contributed by atoms with Crippen molar-refractivity contribution in [3.63, 3.8) is 0 Å². The van der Waals surface area contributed by atoms with Gasteiger partial charge in [-0.3, -0.25) is 0 Å². The third-order valence-electron chi connectivity index (χ3n) is 4.36. The van der Waals surface area contributed by atoms with E-state index in [1.54, 1.807) is 6.92 Å². The quantitative estimate of drug-likeness (QED) is 0.847. The monoisotopic (exact) mass is 293 g/mol. The lowest BCUT2D eigenvalue weighted by Crippen LogP contribution is -2.21. The summed E-state index contributed by atoms with van der Waals surface area (Å²) >= 11 is 0. The largest absolute Gasteiger partial charge is 0.461 e. The molecular weight excluding hydrogens is 266 g/mol. The number of nitrogens with zero attached hydrogens (tertiary/aromatic N) is 2. The van der Waals surface area contributed by atoms with E-state index in [2.05, 4.69) is 11.9 Å². The van der Waals surface area contributed by atoms with Crippen molar-refractivity contribution in [2.75, 3.05) is 12.3 Å². The second kappa shape index (κ2) is 6.96. The fraction of sp³-hybridized carbons (Fsp3) is 0.750. The average molecular weight is 293 g/mol. The number of aromatic nitrogens is 2. The van der Waals surface area contributed by atoms with Crippen LogP contribution in [0.1, 0.15) is 62.8 Å². The van der Waals surface area contributed by atoms with E-state index in [-0.39, 0.29) is 5.69 Å². The average Bonchev–Trinajstić information content (AvgIpc) is 2.76. The van der Waals surface area contributed by atoms with E-state index in [4.69, 9.17) is 10.5 Å². The predicted octanol–water partition coefficient (Wildman–Crippen LogP) is 3.03. The minimum Gasteiger partial charge on any atom is -0.461 e. The van der Waals surface area contributed by atoms with Crippen LogP contribution >= 0.6 is 0 Å². The van der Waals surface area contributed by atoms with Crippen molar-refractivity contribution in [2.45, 2.75) is 59.4 Å². The normalized spacial score (nSPS) is 22.2. The van der Waals surface area contributed by atoms with Gasteiger partial charge in [0.15, 0.2) is 5.69 Å². The van der Waals surface area contributed by atoms with Crippen LogP contribution in [0, 0.1) is 11.8 Å². The Morgan fingerprint density at radius 2 is 2.19 bits per heavy atom. The Morgan fingerprint density at radius 3 is 2.81 bits per heavy atom. The summed E-state index contributed by atoms with van der Waals surface area (Å²) in [7, 11) is 0. The lowest BCUT2D eigenvalue weighted by atomic mass is 9.82. The third kappa shape index (κ3) is 3.57. The number of nitrogen functional groups attached to an aromatic ring is 1. The molecule has 21 heavy (non-hydrogen) atoms. The molecule has 2 N–H and O–H groups in total. The van der Waals surface area contributed by atoms with Crippen LogP contribution in [-0.4, -0.2) is 22.1 Å². The van der Waals surface area contributed by atoms with Gasteiger partial charge in [-0.1, -0.05) is 26.7 Å². The summed E-state index contributed by atoms with van der Waals surface area (Å²) in [5.41, 5.74) is 6.44. The number of rotatable bonds is 5. The zero-order valence-corrected chi connectivity index (χ0v) is 13.4. The summed E-state index contributed by atoms with van der Waals surface area (Å²) in [5, 5.41) is 0. The molecule has 2 unspecified atom stereocenters. The molecule has 1 aliphatic carbocycles. The molecule has 2 atom stereocenters. The van der Waals surface area contributed by atoms with Gasteiger partial charge in [0.25, 0.3) is 0 Å². The van der Waals surface area contributed by atoms with Crippen LogP contribution in [0.4, 0.5) is 5.82 Å². The smallest absolute Gasteiger partial charge is 0.360 e. The van der Waals surface area contributed by atoms with E-state index in [0.29, 0.717) is 18.3 Å². The molecule has 1 aliphatic rings. The van der Waals surface area contributed by atoms with Crippen molar-refractivity contribution < 1.29 is 9.53 Å². The fourth-order valence-corrected chi connectivity index (χ4v) is 3.32. The lowest BCUT2D eigenvalue weighted by Gasteiger charge is -2.27. The van der Waals surface area contributed by atoms with Crippen molar-refractivity contribution in [2.24, 2.45) is 11.8 Å². The Balaban J connectivity index is 2.19. The zero-order chi connectivity index (χ0) is 15.4. The van der Waals surface area contributed by atoms with Crippen LogP contribution in [0.2, 0.25) is 0 Å². The Hall–Kier alpha value is -1.52. The highest BCUT2D eigenvalue weighted by Gasteiger charge is 2.25. The van der Waals surface area contributed by atoms with Crippen LogP contribution in [-0.2, 0) is 17.7 Å². The molecule has 0 saturated heterocycles. The van der Waals surface area contributed by atoms with Crippen molar-refractivity contribution in [1.29, 1.82) is 0 Å². The Bertz CT molecular complexity index is 496. The molecule has 0 aliphatic heterocycles. The van der Waals surface area contributed by atoms with Gasteiger partial charge in [-0.25, -0.2) is 9.78 Å². The van der Waals surface area contributed by atoms with E-state index in [9.17, 15) is 4.79 Å². The van der Waals surface area contributed by atoms with Gasteiger partial charge in [0.2, 0.25) is 0 Å². The number of ether oxygens (including phenoxy) is 1. The minimum atomic E-state index is -0.416. The number of anilines is 1. The van der Waals surface area contributed by atoms with Crippen molar-refractivity contribution in [3.05, 3.63) is 11.5 Å². The molecule has 1 aromatic rings. The van der Waals surface area contributed by atoms with Gasteiger partial charge in [0.05, 0.1) is 6.61 Å². The van der Waals surface area contributed by atoms with Crippen LogP contribution in [0.25, 0.3) is 0 Å². The molecule has 1 heterocycles. The number of aryl methyl sites for hydroxylation is 1. The predicted molar refractivity (Wildman–Crippen MR) is 83.1 cm³/mol. The number of nitrogens with two attached hydrogens (primary N) is 1. The second-order valence-electron chi connectivity index (χ2n) is 6.08. The standard InChI is InChI=1S/C16H27N3O2/c1-4-13-18-14(16(20)21-5-2)15(17)19(13)10-12-8-6-7-11(3)9-12/h11-12H,4-10,17H2,1-3H3. The van der Waals surface area contributed by atoms with Gasteiger partial charge in [-0.15, -0.1) is 0 Å². The number of carbonyl (C=O) groups excluding carboxylic acids is 1. The Kier molecular flexibility index (Phi) is 5.26. The van der Waals surface area contributed by atoms with Crippen LogP contribution in [0.5, 0.6) is 0 Å². The Labute approximate surface area is 126 Å². The molecule has 0 amide bonds. The number of imidazole rings is 1. The summed E-state index contributed by atoms with van der Waals surface area (Å²) in [4.78, 5) is 16.3. The number of hydrogen-bond acceptors (Lipinski definition) is 4. The highest BCUT2D eigenvalue weighted by atomic mass is 16.5. The molecule has 0 spiro atoms. The van der Waals surface area contributed by atoms with Gasteiger partial charge < -0.3 is 15.0 Å². The Morgan fingerprint density at radius 1 is 1.43 bits per heavy atom. The first-order valence-electron chi connectivity index (χ1n) is 8.08. The summed E-state index contributed by atoms with van der Waals surface area (Å²) in [6, 6.07) is 0. The van der Waals surface area contributed by atoms with Crippen molar-refractivity contribution in [3.8, 4) is 0 Å². The lowest BCUT2D eigenvalue weighted by molar-refractivity contribution is 0.0521. The molecule has 2 rings (SSSR count). The first-order valence-corrected chi connectivity index (χ1v) is 8.08. The summed E-state index contributed by atoms with van der Waals surface area (Å²) in [6.07, 6.45) is 5.85. The van der Waals surface area contributed by atoms with Gasteiger partial charge in [0, 0.05) is 13.0 Å². The highest BCUT2D eigenvalue weighted by molar-refractivity contribution is 5.92. The van der Waals surface area contributed by atoms with Crippen LogP contribution in [0.15, 0.2) is 0 Å². The molecule has 5 nitrogen and oxygen atoms in total. The third-order valence-corrected chi connectivity index (χ3v) is 4.36. The SMILES string of the molecule is CCOC(=O)c1nc(CC)n(CC2CCCC(C)C2)c1N. The fourth-order valence-electron chi connectivity index (χ4n) is 3.32. The molecular formula is C16H27N3O2. The maximum absolute atomic E-state index is 11.9. The van der Waals surface area contributed by atoms with Crippen LogP contribution in [0.3, 0.4) is 0 Å². The molecule has 0 aromatic carbocycles. The van der Waals surface area contributed by atoms with E-state index in [1.165, 1.54) is 25.7 Å². The number of carbonyl (C=O) groups is 1. The first kappa shape index (κ1) is 15.9. The van der Waals surface area contributed by atoms with Crippen LogP contribution < -0.4 is 5.73 Å². The number of hydrogen-bond donors (Lipinski definition) is 1. The zero-order valence-electron chi connectivity index (χ0n) is 13.4. The molecule has 1 saturated carbocycles. The summed E-state index contributed by atoms with van der Waals surface area (Å²) in [6.45, 7) is 7.35. The van der Waals surface area contributed by atoms with Gasteiger partial charge in [0.1, 0.15) is 11.6 Å². The van der Waals surface area contributed by atoms with Crippen molar-refractivity contribution >= 4 is 11.8 Å². The van der Waals surface area contributed by atoms with Gasteiger partial charge in [-0.05, 0) is 31.6 Å². The highest BCUT2D eigenvalue weighted by Crippen LogP contribution is 2.31. The first-order chi connectivity index (χ1) is 10.1. The van der Waals surface area contributed by atoms with E-state index in [1.807, 2.05) is 11.5 Å². The maximum Gasteiger partial charge on any atom is 0.360 e. The van der Waals surface area contributed by atoms with E-state index >= 15 is 0 Å². The molecule has 1 aromatic heterocycles. The second-order valence-corrected chi connectivity index (χ2v) is 6.08. The summed E-state index contributed by atoms with van der Waals surface area (Å²) < 4.78 is 7.06. The van der Waals surface area contributed by atoms with Crippen molar-refractivity contribution in [1.82, 2.24) is 9.55 Å². The van der Waals surface area contributed by atoms with Gasteiger partial charge in [-0.2, -0.15) is 0 Å². The number of esters is 1. The minimum absolute atomic E-state index is 0.276. The molecule has 0 bridgehead atoms. The topological polar surface area (TPSA) is 70.1 Å². The van der Waals surface area contributed by atoms with E-state index < -0.39 is 5.97 Å². The molecule has 118 valence electrons. The summed E-state index contributed by atoms with van der Waals surface area (Å²) in [5.74, 6) is 2.34. The van der Waals surface area contributed by atoms with Gasteiger partial charge >= 0.3 is 5.97 Å². The van der Waals surface area contributed by atoms with E-state index in [0.717, 1.165) is 24.7 Å².